The molecule has 8 heteroatoms. The molecule has 7 nitrogen and oxygen atoms in total. The van der Waals surface area contributed by atoms with E-state index in [2.05, 4.69) is 10.6 Å². The van der Waals surface area contributed by atoms with E-state index < -0.39 is 23.7 Å². The summed E-state index contributed by atoms with van der Waals surface area (Å²) in [7, 11) is 0. The molecule has 3 rings (SSSR count). The van der Waals surface area contributed by atoms with Gasteiger partial charge in [0.1, 0.15) is 0 Å². The number of carbonyl (C=O) groups excluding carboxylic acids is 4. The number of rotatable bonds is 6. The minimum absolute atomic E-state index is 0.151. The molecule has 0 bridgehead atoms. The van der Waals surface area contributed by atoms with Crippen LogP contribution in [0.1, 0.15) is 23.7 Å². The Morgan fingerprint density at radius 3 is 2.61 bits per heavy atom. The molecular formula is C20H18N2O5S. The summed E-state index contributed by atoms with van der Waals surface area (Å²) in [6.07, 6.45) is -0.151. The summed E-state index contributed by atoms with van der Waals surface area (Å²) >= 11 is 1.28. The number of ketones is 1. The Balaban J connectivity index is 1.51. The lowest BCUT2D eigenvalue weighted by Crippen LogP contribution is -2.32. The molecule has 0 saturated carbocycles. The van der Waals surface area contributed by atoms with Gasteiger partial charge in [-0.25, -0.2) is 0 Å². The Morgan fingerprint density at radius 2 is 1.82 bits per heavy atom. The fourth-order valence-electron chi connectivity index (χ4n) is 2.67. The average Bonchev–Trinajstić information content (AvgIpc) is 2.67. The average molecular weight is 398 g/mol. The number of carbonyl (C=O) groups is 4. The molecule has 1 aliphatic heterocycles. The van der Waals surface area contributed by atoms with E-state index in [0.29, 0.717) is 16.9 Å². The van der Waals surface area contributed by atoms with Crippen LogP contribution >= 0.6 is 11.8 Å². The van der Waals surface area contributed by atoms with E-state index in [1.807, 2.05) is 18.2 Å². The first-order valence-electron chi connectivity index (χ1n) is 8.56. The molecular weight excluding hydrogens is 380 g/mol. The van der Waals surface area contributed by atoms with Crippen molar-refractivity contribution in [1.82, 2.24) is 0 Å². The van der Waals surface area contributed by atoms with Gasteiger partial charge in [0.25, 0.3) is 5.91 Å². The van der Waals surface area contributed by atoms with Gasteiger partial charge in [0.05, 0.1) is 23.0 Å². The predicted octanol–water partition coefficient (Wildman–Crippen LogP) is 2.87. The minimum Gasteiger partial charge on any atom is -0.456 e. The molecule has 1 aliphatic rings. The van der Waals surface area contributed by atoms with Crippen LogP contribution in [-0.2, 0) is 19.1 Å². The number of hydrogen-bond acceptors (Lipinski definition) is 6. The number of esters is 1. The van der Waals surface area contributed by atoms with Gasteiger partial charge in [0, 0.05) is 10.5 Å². The maximum absolute atomic E-state index is 12.1. The molecule has 0 fully saturated rings. The Morgan fingerprint density at radius 1 is 1.11 bits per heavy atom. The number of Topliss-reactive ketones (excluding diaryl/α,β-unsaturated/α-hetero) is 1. The normalized spacial score (nSPS) is 15.2. The maximum Gasteiger partial charge on any atom is 0.307 e. The second-order valence-electron chi connectivity index (χ2n) is 6.11. The molecule has 0 aliphatic carbocycles. The summed E-state index contributed by atoms with van der Waals surface area (Å²) in [5, 5.41) is 4.68. The van der Waals surface area contributed by atoms with Crippen LogP contribution in [0.15, 0.2) is 53.4 Å². The van der Waals surface area contributed by atoms with Crippen LogP contribution in [0.25, 0.3) is 0 Å². The molecule has 28 heavy (non-hydrogen) atoms. The lowest BCUT2D eigenvalue weighted by Gasteiger charge is -2.23. The number of anilines is 2. The van der Waals surface area contributed by atoms with Gasteiger partial charge < -0.3 is 15.4 Å². The summed E-state index contributed by atoms with van der Waals surface area (Å²) in [6, 6.07) is 13.9. The monoisotopic (exact) mass is 398 g/mol. The topological polar surface area (TPSA) is 102 Å². The van der Waals surface area contributed by atoms with Crippen molar-refractivity contribution in [2.24, 2.45) is 0 Å². The highest BCUT2D eigenvalue weighted by molar-refractivity contribution is 8.01. The quantitative estimate of drug-likeness (QED) is 0.573. The fraction of sp³-hybridized carbons (Fsp3) is 0.200. The van der Waals surface area contributed by atoms with Crippen LogP contribution in [-0.4, -0.2) is 35.4 Å². The van der Waals surface area contributed by atoms with Crippen molar-refractivity contribution >= 4 is 46.7 Å². The number of fused-ring (bicyclic) bond motifs is 1. The van der Waals surface area contributed by atoms with E-state index in [0.717, 1.165) is 4.90 Å². The van der Waals surface area contributed by atoms with Crippen molar-refractivity contribution in [3.63, 3.8) is 0 Å². The zero-order valence-corrected chi connectivity index (χ0v) is 15.9. The highest BCUT2D eigenvalue weighted by Gasteiger charge is 2.29. The molecule has 0 unspecified atom stereocenters. The van der Waals surface area contributed by atoms with Crippen molar-refractivity contribution in [1.29, 1.82) is 0 Å². The molecule has 2 aromatic rings. The predicted molar refractivity (Wildman–Crippen MR) is 105 cm³/mol. The van der Waals surface area contributed by atoms with E-state index in [9.17, 15) is 19.2 Å². The van der Waals surface area contributed by atoms with Gasteiger partial charge in [-0.3, -0.25) is 19.2 Å². The number of para-hydroxylation sites is 2. The number of nitrogens with one attached hydrogen (secondary N) is 2. The van der Waals surface area contributed by atoms with Gasteiger partial charge >= 0.3 is 5.97 Å². The molecule has 1 atom stereocenters. The van der Waals surface area contributed by atoms with Gasteiger partial charge in [-0.1, -0.05) is 24.3 Å². The molecule has 0 spiro atoms. The van der Waals surface area contributed by atoms with Gasteiger partial charge in [0.2, 0.25) is 5.91 Å². The number of ether oxygens (including phenoxy) is 1. The first-order chi connectivity index (χ1) is 13.4. The first-order valence-corrected chi connectivity index (χ1v) is 9.44. The minimum atomic E-state index is -0.651. The van der Waals surface area contributed by atoms with E-state index in [1.54, 1.807) is 30.3 Å². The fourth-order valence-corrected chi connectivity index (χ4v) is 3.76. The summed E-state index contributed by atoms with van der Waals surface area (Å²) < 4.78 is 4.99. The van der Waals surface area contributed by atoms with Crippen molar-refractivity contribution in [2.45, 2.75) is 23.5 Å². The zero-order chi connectivity index (χ0) is 20.1. The Kier molecular flexibility index (Phi) is 6.10. The molecule has 144 valence electrons. The first kappa shape index (κ1) is 19.6. The molecule has 0 radical (unpaired) electrons. The van der Waals surface area contributed by atoms with Gasteiger partial charge in [-0.2, -0.15) is 0 Å². The SMILES string of the molecule is CC(=O)c1ccccc1NC(=O)COC(=O)C[C@@H]1Sc2ccccc2NC1=O. The smallest absolute Gasteiger partial charge is 0.307 e. The molecule has 2 N–H and O–H groups in total. The van der Waals surface area contributed by atoms with Crippen molar-refractivity contribution in [2.75, 3.05) is 17.2 Å². The number of amides is 2. The highest BCUT2D eigenvalue weighted by Crippen LogP contribution is 2.36. The zero-order valence-electron chi connectivity index (χ0n) is 15.1. The Bertz CT molecular complexity index is 944. The summed E-state index contributed by atoms with van der Waals surface area (Å²) in [4.78, 5) is 48.7. The number of hydrogen-bond donors (Lipinski definition) is 2. The van der Waals surface area contributed by atoms with Crippen LogP contribution < -0.4 is 10.6 Å². The molecule has 1 heterocycles. The van der Waals surface area contributed by atoms with Crippen LogP contribution in [0.4, 0.5) is 11.4 Å². The van der Waals surface area contributed by atoms with Crippen molar-refractivity contribution < 1.29 is 23.9 Å². The van der Waals surface area contributed by atoms with Crippen LogP contribution in [0.5, 0.6) is 0 Å². The summed E-state index contributed by atoms with van der Waals surface area (Å²) in [5.41, 5.74) is 1.44. The van der Waals surface area contributed by atoms with E-state index >= 15 is 0 Å². The van der Waals surface area contributed by atoms with Crippen LogP contribution in [0.2, 0.25) is 0 Å². The van der Waals surface area contributed by atoms with Gasteiger partial charge in [-0.05, 0) is 31.2 Å². The highest BCUT2D eigenvalue weighted by atomic mass is 32.2. The van der Waals surface area contributed by atoms with E-state index in [1.165, 1.54) is 18.7 Å². The Labute approximate surface area is 165 Å². The van der Waals surface area contributed by atoms with Crippen LogP contribution in [0, 0.1) is 0 Å². The van der Waals surface area contributed by atoms with Gasteiger partial charge in [0.15, 0.2) is 12.4 Å². The third-order valence-electron chi connectivity index (χ3n) is 4.00. The third kappa shape index (κ3) is 4.77. The second-order valence-corrected chi connectivity index (χ2v) is 7.35. The summed E-state index contributed by atoms with van der Waals surface area (Å²) in [5.74, 6) is -1.68. The third-order valence-corrected chi connectivity index (χ3v) is 5.28. The molecule has 2 aromatic carbocycles. The van der Waals surface area contributed by atoms with E-state index in [-0.39, 0.29) is 18.1 Å². The van der Waals surface area contributed by atoms with Crippen molar-refractivity contribution in [3.05, 3.63) is 54.1 Å². The van der Waals surface area contributed by atoms with Gasteiger partial charge in [-0.15, -0.1) is 11.8 Å². The lowest BCUT2D eigenvalue weighted by molar-refractivity contribution is -0.147. The molecule has 0 saturated heterocycles. The number of benzene rings is 2. The lowest BCUT2D eigenvalue weighted by atomic mass is 10.1. The van der Waals surface area contributed by atoms with Crippen molar-refractivity contribution in [3.8, 4) is 0 Å². The molecule has 0 aromatic heterocycles. The second kappa shape index (κ2) is 8.71. The Hall–Kier alpha value is -3.13. The maximum atomic E-state index is 12.1. The largest absolute Gasteiger partial charge is 0.456 e. The standard InChI is InChI=1S/C20H18N2O5S/c1-12(23)13-6-2-3-7-14(13)21-18(24)11-27-19(25)10-17-20(26)22-15-8-4-5-9-16(15)28-17/h2-9,17H,10-11H2,1H3,(H,21,24)(H,22,26)/t17-/m0/s1. The molecule has 2 amide bonds. The summed E-state index contributed by atoms with van der Waals surface area (Å²) in [6.45, 7) is 0.900. The van der Waals surface area contributed by atoms with Crippen LogP contribution in [0.3, 0.4) is 0 Å². The number of thioether (sulfide) groups is 1. The van der Waals surface area contributed by atoms with E-state index in [4.69, 9.17) is 4.74 Å².